The van der Waals surface area contributed by atoms with Crippen LogP contribution in [0.1, 0.15) is 0 Å². The Bertz CT molecular complexity index is 404. The Kier molecular flexibility index (Phi) is 4.60. The van der Waals surface area contributed by atoms with Crippen molar-refractivity contribution in [1.82, 2.24) is 10.2 Å². The Balaban J connectivity index is 1.71. The van der Waals surface area contributed by atoms with E-state index in [0.717, 1.165) is 23.3 Å². The van der Waals surface area contributed by atoms with Gasteiger partial charge in [0.15, 0.2) is 0 Å². The van der Waals surface area contributed by atoms with E-state index in [4.69, 9.17) is 4.74 Å². The molecule has 98 valence electrons. The first kappa shape index (κ1) is 13.4. The number of likely N-dealkylation sites (N-methyl/N-ethyl adjacent to an activating group) is 1. The van der Waals surface area contributed by atoms with Gasteiger partial charge in [-0.1, -0.05) is 15.9 Å². The smallest absolute Gasteiger partial charge is 0.228 e. The van der Waals surface area contributed by atoms with Gasteiger partial charge >= 0.3 is 0 Å². The molecule has 0 unspecified atom stereocenters. The van der Waals surface area contributed by atoms with Crippen molar-refractivity contribution < 1.29 is 9.53 Å². The molecule has 0 aliphatic carbocycles. The van der Waals surface area contributed by atoms with Crippen LogP contribution in [0.5, 0.6) is 5.75 Å². The highest BCUT2D eigenvalue weighted by molar-refractivity contribution is 9.10. The monoisotopic (exact) mass is 312 g/mol. The average Bonchev–Trinajstić information content (AvgIpc) is 2.29. The molecule has 0 saturated carbocycles. The van der Waals surface area contributed by atoms with E-state index in [1.54, 1.807) is 4.90 Å². The molecule has 5 heteroatoms. The number of ether oxygens (including phenoxy) is 1. The second-order valence-corrected chi connectivity index (χ2v) is 5.33. The lowest BCUT2D eigenvalue weighted by Crippen LogP contribution is -2.51. The number of rotatable bonds is 5. The number of nitrogens with zero attached hydrogens (tertiary/aromatic N) is 1. The molecular formula is C13H17BrN2O2. The van der Waals surface area contributed by atoms with E-state index in [1.807, 2.05) is 31.3 Å². The first-order valence-corrected chi connectivity index (χ1v) is 6.80. The van der Waals surface area contributed by atoms with E-state index in [2.05, 4.69) is 21.2 Å². The Morgan fingerprint density at radius 1 is 1.44 bits per heavy atom. The minimum Gasteiger partial charge on any atom is -0.492 e. The molecule has 0 spiro atoms. The summed E-state index contributed by atoms with van der Waals surface area (Å²) in [4.78, 5) is 13.6. The quantitative estimate of drug-likeness (QED) is 0.896. The van der Waals surface area contributed by atoms with Crippen LogP contribution in [0.15, 0.2) is 28.7 Å². The lowest BCUT2D eigenvalue weighted by atomic mass is 10.0. The van der Waals surface area contributed by atoms with Crippen molar-refractivity contribution in [1.29, 1.82) is 0 Å². The zero-order chi connectivity index (χ0) is 13.0. The Morgan fingerprint density at radius 2 is 2.11 bits per heavy atom. The highest BCUT2D eigenvalue weighted by atomic mass is 79.9. The Hall–Kier alpha value is -1.07. The summed E-state index contributed by atoms with van der Waals surface area (Å²) >= 11 is 3.37. The molecule has 2 rings (SSSR count). The van der Waals surface area contributed by atoms with Gasteiger partial charge in [0.1, 0.15) is 12.4 Å². The van der Waals surface area contributed by atoms with Crippen LogP contribution in [0, 0.1) is 5.92 Å². The van der Waals surface area contributed by atoms with E-state index in [0.29, 0.717) is 13.2 Å². The standard InChI is InChI=1S/C13H17BrN2O2/c1-16(13(17)10-8-15-9-10)6-7-18-12-4-2-11(14)3-5-12/h2-5,10,15H,6-9H2,1H3. The summed E-state index contributed by atoms with van der Waals surface area (Å²) in [7, 11) is 1.82. The zero-order valence-electron chi connectivity index (χ0n) is 10.4. The van der Waals surface area contributed by atoms with Crippen molar-refractivity contribution in [2.24, 2.45) is 5.92 Å². The fourth-order valence-electron chi connectivity index (χ4n) is 1.72. The summed E-state index contributed by atoms with van der Waals surface area (Å²) in [6.45, 7) is 2.74. The lowest BCUT2D eigenvalue weighted by Gasteiger charge is -2.30. The Morgan fingerprint density at radius 3 is 2.67 bits per heavy atom. The lowest BCUT2D eigenvalue weighted by molar-refractivity contribution is -0.136. The summed E-state index contributed by atoms with van der Waals surface area (Å²) < 4.78 is 6.61. The maximum atomic E-state index is 11.8. The number of carbonyl (C=O) groups is 1. The van der Waals surface area contributed by atoms with Crippen LogP contribution in [0.3, 0.4) is 0 Å². The van der Waals surface area contributed by atoms with Gasteiger partial charge in [0, 0.05) is 24.6 Å². The molecule has 18 heavy (non-hydrogen) atoms. The van der Waals surface area contributed by atoms with Gasteiger partial charge in [-0.2, -0.15) is 0 Å². The molecule has 1 aliphatic rings. The first-order chi connectivity index (χ1) is 8.66. The zero-order valence-corrected chi connectivity index (χ0v) is 11.9. The SMILES string of the molecule is CN(CCOc1ccc(Br)cc1)C(=O)C1CNC1. The van der Waals surface area contributed by atoms with Crippen LogP contribution in [0.4, 0.5) is 0 Å². The van der Waals surface area contributed by atoms with Crippen LogP contribution in [0.25, 0.3) is 0 Å². The van der Waals surface area contributed by atoms with Crippen LogP contribution in [0.2, 0.25) is 0 Å². The molecule has 1 saturated heterocycles. The molecule has 4 nitrogen and oxygen atoms in total. The van der Waals surface area contributed by atoms with E-state index in [-0.39, 0.29) is 11.8 Å². The van der Waals surface area contributed by atoms with Gasteiger partial charge in [-0.05, 0) is 24.3 Å². The second-order valence-electron chi connectivity index (χ2n) is 4.42. The number of nitrogens with one attached hydrogen (secondary N) is 1. The number of halogens is 1. The molecule has 1 heterocycles. The van der Waals surface area contributed by atoms with E-state index >= 15 is 0 Å². The van der Waals surface area contributed by atoms with Gasteiger partial charge in [-0.3, -0.25) is 4.79 Å². The Labute approximate surface area is 115 Å². The molecule has 1 aromatic rings. The van der Waals surface area contributed by atoms with Crippen molar-refractivity contribution >= 4 is 21.8 Å². The molecule has 1 amide bonds. The van der Waals surface area contributed by atoms with Crippen molar-refractivity contribution in [2.45, 2.75) is 0 Å². The molecular weight excluding hydrogens is 296 g/mol. The first-order valence-electron chi connectivity index (χ1n) is 6.01. The molecule has 0 aromatic heterocycles. The van der Waals surface area contributed by atoms with Crippen molar-refractivity contribution in [3.05, 3.63) is 28.7 Å². The highest BCUT2D eigenvalue weighted by Gasteiger charge is 2.27. The predicted octanol–water partition coefficient (Wildman–Crippen LogP) is 1.51. The van der Waals surface area contributed by atoms with Gasteiger partial charge in [-0.25, -0.2) is 0 Å². The number of hydrogen-bond acceptors (Lipinski definition) is 3. The normalized spacial score (nSPS) is 15.0. The summed E-state index contributed by atoms with van der Waals surface area (Å²) in [6.07, 6.45) is 0. The van der Waals surface area contributed by atoms with Gasteiger partial charge in [0.2, 0.25) is 5.91 Å². The van der Waals surface area contributed by atoms with Gasteiger partial charge in [0.25, 0.3) is 0 Å². The number of hydrogen-bond donors (Lipinski definition) is 1. The predicted molar refractivity (Wildman–Crippen MR) is 73.6 cm³/mol. The van der Waals surface area contributed by atoms with Crippen LogP contribution >= 0.6 is 15.9 Å². The number of benzene rings is 1. The molecule has 1 aromatic carbocycles. The van der Waals surface area contributed by atoms with Crippen LogP contribution in [-0.4, -0.2) is 44.1 Å². The minimum atomic E-state index is 0.155. The van der Waals surface area contributed by atoms with E-state index in [1.165, 1.54) is 0 Å². The maximum Gasteiger partial charge on any atom is 0.228 e. The van der Waals surface area contributed by atoms with Crippen molar-refractivity contribution in [2.75, 3.05) is 33.3 Å². The second kappa shape index (κ2) is 6.20. The van der Waals surface area contributed by atoms with Crippen molar-refractivity contribution in [3.63, 3.8) is 0 Å². The molecule has 1 N–H and O–H groups in total. The maximum absolute atomic E-state index is 11.8. The third-order valence-electron chi connectivity index (χ3n) is 3.02. The summed E-state index contributed by atoms with van der Waals surface area (Å²) in [5.41, 5.74) is 0. The third kappa shape index (κ3) is 3.46. The average molecular weight is 313 g/mol. The molecule has 1 fully saturated rings. The van der Waals surface area contributed by atoms with Crippen molar-refractivity contribution in [3.8, 4) is 5.75 Å². The fourth-order valence-corrected chi connectivity index (χ4v) is 1.98. The molecule has 0 bridgehead atoms. The molecule has 0 atom stereocenters. The van der Waals surface area contributed by atoms with Gasteiger partial charge < -0.3 is 15.0 Å². The number of amides is 1. The van der Waals surface area contributed by atoms with Gasteiger partial charge in [0.05, 0.1) is 12.5 Å². The van der Waals surface area contributed by atoms with Gasteiger partial charge in [-0.15, -0.1) is 0 Å². The fraction of sp³-hybridized carbons (Fsp3) is 0.462. The highest BCUT2D eigenvalue weighted by Crippen LogP contribution is 2.16. The minimum absolute atomic E-state index is 0.155. The summed E-state index contributed by atoms with van der Waals surface area (Å²) in [5, 5.41) is 3.10. The number of carbonyl (C=O) groups excluding carboxylic acids is 1. The summed E-state index contributed by atoms with van der Waals surface area (Å²) in [6, 6.07) is 7.68. The third-order valence-corrected chi connectivity index (χ3v) is 3.54. The van der Waals surface area contributed by atoms with E-state index < -0.39 is 0 Å². The van der Waals surface area contributed by atoms with Crippen LogP contribution < -0.4 is 10.1 Å². The largest absolute Gasteiger partial charge is 0.492 e. The van der Waals surface area contributed by atoms with E-state index in [9.17, 15) is 4.79 Å². The topological polar surface area (TPSA) is 41.6 Å². The van der Waals surface area contributed by atoms with Crippen LogP contribution in [-0.2, 0) is 4.79 Å². The summed E-state index contributed by atoms with van der Waals surface area (Å²) in [5.74, 6) is 1.18. The molecule has 0 radical (unpaired) electrons. The molecule has 1 aliphatic heterocycles.